The van der Waals surface area contributed by atoms with Crippen LogP contribution in [0.3, 0.4) is 0 Å². The van der Waals surface area contributed by atoms with E-state index in [-0.39, 0.29) is 0 Å². The van der Waals surface area contributed by atoms with Crippen molar-refractivity contribution >= 4 is 16.6 Å². The number of likely N-dealkylation sites (tertiary alicyclic amines) is 1. The Morgan fingerprint density at radius 1 is 1.18 bits per heavy atom. The maximum atomic E-state index is 9.16. The molecule has 1 aliphatic rings. The number of hydrogen-bond donors (Lipinski definition) is 1. The molecule has 2 aromatic carbocycles. The molecule has 28 heavy (non-hydrogen) atoms. The van der Waals surface area contributed by atoms with E-state index in [4.69, 9.17) is 10.00 Å². The number of anilines is 1. The third-order valence-corrected chi connectivity index (χ3v) is 5.24. The van der Waals surface area contributed by atoms with Crippen LogP contribution in [0.4, 0.5) is 5.82 Å². The average molecular weight is 373 g/mol. The highest BCUT2D eigenvalue weighted by Gasteiger charge is 2.20. The van der Waals surface area contributed by atoms with Crippen molar-refractivity contribution in [1.29, 1.82) is 5.26 Å². The molecule has 1 aliphatic heterocycles. The van der Waals surface area contributed by atoms with Crippen molar-refractivity contribution in [2.45, 2.75) is 18.9 Å². The highest BCUT2D eigenvalue weighted by atomic mass is 16.5. The smallest absolute Gasteiger partial charge is 0.156 e. The molecule has 0 amide bonds. The van der Waals surface area contributed by atoms with Crippen molar-refractivity contribution < 1.29 is 4.74 Å². The Kier molecular flexibility index (Phi) is 5.09. The Morgan fingerprint density at radius 3 is 2.75 bits per heavy atom. The predicted octanol–water partition coefficient (Wildman–Crippen LogP) is 3.68. The Hall–Kier alpha value is -3.17. The second-order valence-electron chi connectivity index (χ2n) is 7.22. The van der Waals surface area contributed by atoms with E-state index >= 15 is 0 Å². The fourth-order valence-electron chi connectivity index (χ4n) is 3.84. The molecular weight excluding hydrogens is 350 g/mol. The lowest BCUT2D eigenvalue weighted by molar-refractivity contribution is 0.261. The monoisotopic (exact) mass is 373 g/mol. The number of piperidine rings is 1. The molecule has 1 unspecified atom stereocenters. The van der Waals surface area contributed by atoms with Gasteiger partial charge in [-0.2, -0.15) is 5.26 Å². The number of rotatable bonds is 4. The number of fused-ring (bicyclic) bond motifs is 1. The summed E-state index contributed by atoms with van der Waals surface area (Å²) in [5, 5.41) is 23.8. The van der Waals surface area contributed by atoms with Crippen molar-refractivity contribution in [3.8, 4) is 23.1 Å². The van der Waals surface area contributed by atoms with Crippen molar-refractivity contribution in [1.82, 2.24) is 15.1 Å². The van der Waals surface area contributed by atoms with Gasteiger partial charge in [0.05, 0.1) is 18.7 Å². The number of aromatic nitrogens is 2. The van der Waals surface area contributed by atoms with Gasteiger partial charge in [0, 0.05) is 28.9 Å². The lowest BCUT2D eigenvalue weighted by Crippen LogP contribution is -2.40. The molecule has 0 aliphatic carbocycles. The van der Waals surface area contributed by atoms with Gasteiger partial charge in [-0.3, -0.25) is 0 Å². The number of benzene rings is 2. The largest absolute Gasteiger partial charge is 0.496 e. The Bertz CT molecular complexity index is 1040. The number of hydrogen-bond acceptors (Lipinski definition) is 6. The molecule has 1 N–H and O–H groups in total. The number of likely N-dealkylation sites (N-methyl/N-ethyl adjacent to an activating group) is 1. The quantitative estimate of drug-likeness (QED) is 0.752. The van der Waals surface area contributed by atoms with Gasteiger partial charge < -0.3 is 15.0 Å². The van der Waals surface area contributed by atoms with Crippen molar-refractivity contribution in [3.05, 3.63) is 48.0 Å². The van der Waals surface area contributed by atoms with E-state index in [1.54, 1.807) is 19.2 Å². The maximum absolute atomic E-state index is 9.16. The molecule has 1 saturated heterocycles. The molecule has 6 nitrogen and oxygen atoms in total. The third-order valence-electron chi connectivity index (χ3n) is 5.24. The topological polar surface area (TPSA) is 74.1 Å². The summed E-state index contributed by atoms with van der Waals surface area (Å²) in [7, 11) is 3.75. The van der Waals surface area contributed by atoms with Gasteiger partial charge >= 0.3 is 0 Å². The molecule has 1 aromatic heterocycles. The van der Waals surface area contributed by atoms with E-state index in [1.807, 2.05) is 18.2 Å². The average Bonchev–Trinajstić information content (AvgIpc) is 2.74. The van der Waals surface area contributed by atoms with Crippen LogP contribution in [0.15, 0.2) is 42.5 Å². The third kappa shape index (κ3) is 3.49. The molecule has 0 saturated carbocycles. The van der Waals surface area contributed by atoms with Crippen LogP contribution in [0.1, 0.15) is 18.4 Å². The van der Waals surface area contributed by atoms with E-state index in [1.165, 1.54) is 6.42 Å². The minimum Gasteiger partial charge on any atom is -0.496 e. The van der Waals surface area contributed by atoms with E-state index in [2.05, 4.69) is 45.7 Å². The summed E-state index contributed by atoms with van der Waals surface area (Å²) < 4.78 is 5.51. The SMILES string of the molecule is COc1cc(C#N)ccc1-c1nnc(NC2CCCN(C)C2)c2ccccc12. The van der Waals surface area contributed by atoms with Crippen LogP contribution in [-0.2, 0) is 0 Å². The Morgan fingerprint density at radius 2 is 2.00 bits per heavy atom. The van der Waals surface area contributed by atoms with Gasteiger partial charge in [0.2, 0.25) is 0 Å². The van der Waals surface area contributed by atoms with Crippen molar-refractivity contribution in [2.24, 2.45) is 0 Å². The predicted molar refractivity (Wildman–Crippen MR) is 110 cm³/mol. The summed E-state index contributed by atoms with van der Waals surface area (Å²) in [6, 6.07) is 16.0. The number of methoxy groups -OCH3 is 1. The van der Waals surface area contributed by atoms with Crippen molar-refractivity contribution in [3.63, 3.8) is 0 Å². The highest BCUT2D eigenvalue weighted by Crippen LogP contribution is 2.35. The molecular formula is C22H23N5O. The van der Waals surface area contributed by atoms with E-state index in [9.17, 15) is 0 Å². The molecule has 0 bridgehead atoms. The summed E-state index contributed by atoms with van der Waals surface area (Å²) in [6.45, 7) is 2.14. The van der Waals surface area contributed by atoms with Gasteiger partial charge in [0.25, 0.3) is 0 Å². The van der Waals surface area contributed by atoms with Gasteiger partial charge in [-0.25, -0.2) is 0 Å². The first kappa shape index (κ1) is 18.2. The van der Waals surface area contributed by atoms with Crippen LogP contribution in [0.5, 0.6) is 5.75 Å². The van der Waals surface area contributed by atoms with Gasteiger partial charge in [-0.1, -0.05) is 24.3 Å². The second kappa shape index (κ2) is 7.83. The number of nitrogens with zero attached hydrogens (tertiary/aromatic N) is 4. The molecule has 3 aromatic rings. The molecule has 6 heteroatoms. The van der Waals surface area contributed by atoms with E-state index in [0.29, 0.717) is 17.4 Å². The van der Waals surface area contributed by atoms with Gasteiger partial charge in [0.1, 0.15) is 11.4 Å². The number of ether oxygens (including phenoxy) is 1. The summed E-state index contributed by atoms with van der Waals surface area (Å²) in [6.07, 6.45) is 2.31. The first-order chi connectivity index (χ1) is 13.7. The summed E-state index contributed by atoms with van der Waals surface area (Å²) >= 11 is 0. The summed E-state index contributed by atoms with van der Waals surface area (Å²) in [5.41, 5.74) is 2.13. The van der Waals surface area contributed by atoms with Crippen LogP contribution < -0.4 is 10.1 Å². The first-order valence-electron chi connectivity index (χ1n) is 9.48. The first-order valence-corrected chi connectivity index (χ1v) is 9.48. The fourth-order valence-corrected chi connectivity index (χ4v) is 3.84. The molecule has 142 valence electrons. The van der Waals surface area contributed by atoms with Crippen LogP contribution in [0, 0.1) is 11.3 Å². The standard InChI is InChI=1S/C22H23N5O/c1-27-11-5-6-16(14-27)24-22-18-8-4-3-7-17(18)21(25-26-22)19-10-9-15(13-23)12-20(19)28-2/h3-4,7-10,12,16H,5-6,11,14H2,1-2H3,(H,24,26). The van der Waals surface area contributed by atoms with E-state index < -0.39 is 0 Å². The number of nitrogens with one attached hydrogen (secondary N) is 1. The van der Waals surface area contributed by atoms with Crippen LogP contribution in [-0.4, -0.2) is 48.4 Å². The molecule has 4 rings (SSSR count). The van der Waals surface area contributed by atoms with E-state index in [0.717, 1.165) is 47.4 Å². The molecule has 1 fully saturated rings. The molecule has 0 spiro atoms. The molecule has 0 radical (unpaired) electrons. The maximum Gasteiger partial charge on any atom is 0.156 e. The summed E-state index contributed by atoms with van der Waals surface area (Å²) in [5.74, 6) is 1.43. The lowest BCUT2D eigenvalue weighted by Gasteiger charge is -2.30. The van der Waals surface area contributed by atoms with Crippen LogP contribution in [0.2, 0.25) is 0 Å². The second-order valence-corrected chi connectivity index (χ2v) is 7.22. The minimum absolute atomic E-state index is 0.367. The lowest BCUT2D eigenvalue weighted by atomic mass is 10.0. The minimum atomic E-state index is 0.367. The number of nitriles is 1. The molecule has 1 atom stereocenters. The summed E-state index contributed by atoms with van der Waals surface area (Å²) in [4.78, 5) is 2.34. The van der Waals surface area contributed by atoms with Crippen molar-refractivity contribution in [2.75, 3.05) is 32.6 Å². The van der Waals surface area contributed by atoms with Gasteiger partial charge in [-0.15, -0.1) is 10.2 Å². The highest BCUT2D eigenvalue weighted by molar-refractivity contribution is 6.01. The Balaban J connectivity index is 1.77. The molecule has 2 heterocycles. The zero-order chi connectivity index (χ0) is 19.5. The van der Waals surface area contributed by atoms with Gasteiger partial charge in [-0.05, 0) is 44.6 Å². The zero-order valence-corrected chi connectivity index (χ0v) is 16.1. The Labute approximate surface area is 164 Å². The zero-order valence-electron chi connectivity index (χ0n) is 16.1. The fraction of sp³-hybridized carbons (Fsp3) is 0.318. The van der Waals surface area contributed by atoms with Crippen LogP contribution in [0.25, 0.3) is 22.0 Å². The normalized spacial score (nSPS) is 17.2. The van der Waals surface area contributed by atoms with Crippen LogP contribution >= 0.6 is 0 Å². The van der Waals surface area contributed by atoms with Gasteiger partial charge in [0.15, 0.2) is 5.82 Å².